The highest BCUT2D eigenvalue weighted by atomic mass is 32.3. The Morgan fingerprint density at radius 2 is 1.35 bits per heavy atom. The van der Waals surface area contributed by atoms with E-state index in [-0.39, 0.29) is 13.2 Å². The average molecular weight is 308 g/mol. The third-order valence-electron chi connectivity index (χ3n) is 2.19. The molecule has 9 heteroatoms. The van der Waals surface area contributed by atoms with Crippen molar-refractivity contribution >= 4 is 21.8 Å². The molecule has 0 saturated carbocycles. The molecular formula is C11H20N2O6S. The first-order valence-corrected chi connectivity index (χ1v) is 7.18. The number of anilines is 2. The molecule has 0 atom stereocenters. The summed E-state index contributed by atoms with van der Waals surface area (Å²) in [5, 5.41) is 23.7. The summed E-state index contributed by atoms with van der Waals surface area (Å²) in [4.78, 5) is 0. The first-order chi connectivity index (χ1) is 9.29. The second kappa shape index (κ2) is 9.50. The van der Waals surface area contributed by atoms with E-state index in [1.807, 2.05) is 25.1 Å². The lowest BCUT2D eigenvalue weighted by molar-refractivity contribution is 0.311. The van der Waals surface area contributed by atoms with Crippen molar-refractivity contribution in [3.8, 4) is 0 Å². The molecule has 0 bridgehead atoms. The summed E-state index contributed by atoms with van der Waals surface area (Å²) in [6.07, 6.45) is 0. The monoisotopic (exact) mass is 308 g/mol. The molecule has 1 aromatic carbocycles. The molecule has 6 N–H and O–H groups in total. The first-order valence-electron chi connectivity index (χ1n) is 5.78. The van der Waals surface area contributed by atoms with Gasteiger partial charge in [0.2, 0.25) is 0 Å². The minimum atomic E-state index is -4.67. The fourth-order valence-electron chi connectivity index (χ4n) is 1.40. The van der Waals surface area contributed by atoms with Crippen LogP contribution in [0.1, 0.15) is 5.56 Å². The van der Waals surface area contributed by atoms with Crippen LogP contribution in [0.2, 0.25) is 0 Å². The van der Waals surface area contributed by atoms with Crippen molar-refractivity contribution in [3.63, 3.8) is 0 Å². The number of rotatable bonds is 6. The molecular weight excluding hydrogens is 288 g/mol. The highest BCUT2D eigenvalue weighted by Gasteiger charge is 2.02. The molecule has 0 aromatic heterocycles. The van der Waals surface area contributed by atoms with Crippen molar-refractivity contribution in [2.45, 2.75) is 6.92 Å². The van der Waals surface area contributed by atoms with Gasteiger partial charge in [-0.1, -0.05) is 6.07 Å². The van der Waals surface area contributed by atoms with Crippen LogP contribution in [0, 0.1) is 6.92 Å². The molecule has 0 amide bonds. The molecule has 0 aliphatic rings. The second-order valence-corrected chi connectivity index (χ2v) is 4.62. The van der Waals surface area contributed by atoms with Gasteiger partial charge in [0.15, 0.2) is 0 Å². The lowest BCUT2D eigenvalue weighted by Crippen LogP contribution is -2.10. The molecule has 0 fully saturated rings. The maximum atomic E-state index is 8.74. The summed E-state index contributed by atoms with van der Waals surface area (Å²) in [5.74, 6) is 0. The molecule has 0 saturated heterocycles. The molecule has 0 aliphatic carbocycles. The van der Waals surface area contributed by atoms with Crippen LogP contribution in [0.15, 0.2) is 18.2 Å². The maximum Gasteiger partial charge on any atom is 0.394 e. The van der Waals surface area contributed by atoms with Crippen LogP contribution < -0.4 is 10.6 Å². The van der Waals surface area contributed by atoms with Gasteiger partial charge in [-0.25, -0.2) is 0 Å². The van der Waals surface area contributed by atoms with Gasteiger partial charge in [-0.2, -0.15) is 8.42 Å². The molecule has 0 radical (unpaired) electrons. The van der Waals surface area contributed by atoms with E-state index in [2.05, 4.69) is 10.6 Å². The Kier molecular flexibility index (Phi) is 8.84. The number of aliphatic hydroxyl groups is 2. The SMILES string of the molecule is Cc1c(NCCO)cccc1NCCO.O=S(=O)(O)O. The third-order valence-corrected chi connectivity index (χ3v) is 2.19. The van der Waals surface area contributed by atoms with Gasteiger partial charge in [0.25, 0.3) is 0 Å². The van der Waals surface area contributed by atoms with Crippen molar-refractivity contribution in [2.24, 2.45) is 0 Å². The Morgan fingerprint density at radius 3 is 1.65 bits per heavy atom. The summed E-state index contributed by atoms with van der Waals surface area (Å²) in [6.45, 7) is 3.33. The molecule has 1 aromatic rings. The van der Waals surface area contributed by atoms with Gasteiger partial charge in [0.1, 0.15) is 0 Å². The lowest BCUT2D eigenvalue weighted by Gasteiger charge is -2.13. The smallest absolute Gasteiger partial charge is 0.394 e. The van der Waals surface area contributed by atoms with E-state index in [4.69, 9.17) is 27.7 Å². The van der Waals surface area contributed by atoms with Crippen molar-refractivity contribution in [3.05, 3.63) is 23.8 Å². The molecule has 20 heavy (non-hydrogen) atoms. The summed E-state index contributed by atoms with van der Waals surface area (Å²) < 4.78 is 31.6. The van der Waals surface area contributed by atoms with Gasteiger partial charge < -0.3 is 20.8 Å². The van der Waals surface area contributed by atoms with E-state index in [0.29, 0.717) is 13.1 Å². The Balaban J connectivity index is 0.000000621. The van der Waals surface area contributed by atoms with Crippen LogP contribution in [-0.4, -0.2) is 54.0 Å². The fourth-order valence-corrected chi connectivity index (χ4v) is 1.40. The van der Waals surface area contributed by atoms with Crippen LogP contribution in [0.5, 0.6) is 0 Å². The molecule has 0 spiro atoms. The summed E-state index contributed by atoms with van der Waals surface area (Å²) in [5.41, 5.74) is 3.11. The van der Waals surface area contributed by atoms with Crippen molar-refractivity contribution in [2.75, 3.05) is 36.9 Å². The van der Waals surface area contributed by atoms with E-state index in [1.54, 1.807) is 0 Å². The minimum absolute atomic E-state index is 0.119. The van der Waals surface area contributed by atoms with Gasteiger partial charge in [0.05, 0.1) is 13.2 Å². The van der Waals surface area contributed by atoms with Crippen molar-refractivity contribution in [1.29, 1.82) is 0 Å². The summed E-state index contributed by atoms with van der Waals surface area (Å²) in [6, 6.07) is 5.87. The number of hydrogen-bond acceptors (Lipinski definition) is 6. The zero-order valence-electron chi connectivity index (χ0n) is 11.1. The van der Waals surface area contributed by atoms with Crippen LogP contribution >= 0.6 is 0 Å². The highest BCUT2D eigenvalue weighted by molar-refractivity contribution is 7.79. The fraction of sp³-hybridized carbons (Fsp3) is 0.455. The second-order valence-electron chi connectivity index (χ2n) is 3.73. The van der Waals surface area contributed by atoms with Gasteiger partial charge in [-0.15, -0.1) is 0 Å². The third kappa shape index (κ3) is 9.53. The topological polar surface area (TPSA) is 139 Å². The van der Waals surface area contributed by atoms with Gasteiger partial charge in [0, 0.05) is 24.5 Å². The number of hydrogen-bond donors (Lipinski definition) is 6. The molecule has 0 heterocycles. The Labute approximate surface area is 118 Å². The Morgan fingerprint density at radius 1 is 1.00 bits per heavy atom. The summed E-state index contributed by atoms with van der Waals surface area (Å²) >= 11 is 0. The largest absolute Gasteiger partial charge is 0.395 e. The first kappa shape index (κ1) is 18.6. The van der Waals surface area contributed by atoms with Crippen LogP contribution in [0.3, 0.4) is 0 Å². The molecule has 8 nitrogen and oxygen atoms in total. The predicted molar refractivity (Wildman–Crippen MR) is 76.5 cm³/mol. The molecule has 0 aliphatic heterocycles. The van der Waals surface area contributed by atoms with E-state index in [1.165, 1.54) is 0 Å². The van der Waals surface area contributed by atoms with Crippen molar-refractivity contribution < 1.29 is 27.7 Å². The maximum absolute atomic E-state index is 8.74. The highest BCUT2D eigenvalue weighted by Crippen LogP contribution is 2.22. The normalized spacial score (nSPS) is 10.4. The Bertz CT molecular complexity index is 457. The predicted octanol–water partition coefficient (Wildman–Crippen LogP) is 0.151. The van der Waals surface area contributed by atoms with E-state index >= 15 is 0 Å². The summed E-state index contributed by atoms with van der Waals surface area (Å²) in [7, 11) is -4.67. The van der Waals surface area contributed by atoms with Crippen molar-refractivity contribution in [1.82, 2.24) is 0 Å². The average Bonchev–Trinajstić information content (AvgIpc) is 2.34. The van der Waals surface area contributed by atoms with E-state index < -0.39 is 10.4 Å². The van der Waals surface area contributed by atoms with Gasteiger partial charge in [-0.05, 0) is 24.6 Å². The Hall–Kier alpha value is -1.39. The molecule has 116 valence electrons. The van der Waals surface area contributed by atoms with Crippen LogP contribution in [0.4, 0.5) is 11.4 Å². The zero-order chi connectivity index (χ0) is 15.6. The van der Waals surface area contributed by atoms with E-state index in [0.717, 1.165) is 16.9 Å². The zero-order valence-corrected chi connectivity index (χ0v) is 11.9. The number of nitrogens with one attached hydrogen (secondary N) is 2. The quantitative estimate of drug-likeness (QED) is 0.408. The molecule has 1 rings (SSSR count). The van der Waals surface area contributed by atoms with Gasteiger partial charge in [-0.3, -0.25) is 9.11 Å². The van der Waals surface area contributed by atoms with E-state index in [9.17, 15) is 0 Å². The van der Waals surface area contributed by atoms with Crippen LogP contribution in [0.25, 0.3) is 0 Å². The minimum Gasteiger partial charge on any atom is -0.395 e. The van der Waals surface area contributed by atoms with Crippen LogP contribution in [-0.2, 0) is 10.4 Å². The number of benzene rings is 1. The lowest BCUT2D eigenvalue weighted by atomic mass is 10.1. The molecule has 0 unspecified atom stereocenters. The van der Waals surface area contributed by atoms with Gasteiger partial charge >= 0.3 is 10.4 Å². The standard InChI is InChI=1S/C11H18N2O2.H2O4S/c1-9-10(12-5-7-14)3-2-4-11(9)13-6-8-15;1-5(2,3)4/h2-4,12-15H,5-8H2,1H3;(H2,1,2,3,4). The number of aliphatic hydroxyl groups excluding tert-OH is 2.